The molecular weight excluding hydrogens is 400 g/mol. The summed E-state index contributed by atoms with van der Waals surface area (Å²) in [6.45, 7) is 0.530. The van der Waals surface area contributed by atoms with Crippen LogP contribution in [0.4, 0.5) is 0 Å². The summed E-state index contributed by atoms with van der Waals surface area (Å²) in [5.74, 6) is 0.592. The first kappa shape index (κ1) is 19.8. The van der Waals surface area contributed by atoms with Gasteiger partial charge in [-0.25, -0.2) is 4.98 Å². The van der Waals surface area contributed by atoms with Crippen molar-refractivity contribution in [3.05, 3.63) is 90.5 Å². The van der Waals surface area contributed by atoms with E-state index < -0.39 is 0 Å². The molecule has 0 fully saturated rings. The first-order chi connectivity index (χ1) is 15.7. The van der Waals surface area contributed by atoms with E-state index in [0.29, 0.717) is 12.2 Å². The van der Waals surface area contributed by atoms with Gasteiger partial charge in [-0.05, 0) is 47.9 Å². The molecule has 0 unspecified atom stereocenters. The van der Waals surface area contributed by atoms with Gasteiger partial charge in [-0.1, -0.05) is 30.3 Å². The average Bonchev–Trinajstić information content (AvgIpc) is 3.26. The Balaban J connectivity index is 1.36. The van der Waals surface area contributed by atoms with Gasteiger partial charge in [0.25, 0.3) is 5.91 Å². The summed E-state index contributed by atoms with van der Waals surface area (Å²) in [5.41, 5.74) is 5.25. The molecule has 0 aliphatic rings. The zero-order valence-electron chi connectivity index (χ0n) is 17.6. The fraction of sp³-hybridized carbons (Fsp3) is 0.115. The second kappa shape index (κ2) is 8.51. The Bertz CT molecular complexity index is 1410. The third-order valence-corrected chi connectivity index (χ3v) is 5.59. The summed E-state index contributed by atoms with van der Waals surface area (Å²) >= 11 is 0. The zero-order chi connectivity index (χ0) is 21.9. The fourth-order valence-electron chi connectivity index (χ4n) is 3.89. The highest BCUT2D eigenvalue weighted by Crippen LogP contribution is 2.28. The number of carbonyl (C=O) groups is 1. The Kier molecular flexibility index (Phi) is 5.25. The number of hydrogen-bond donors (Lipinski definition) is 2. The molecule has 2 N–H and O–H groups in total. The van der Waals surface area contributed by atoms with Crippen LogP contribution in [0, 0.1) is 0 Å². The third-order valence-electron chi connectivity index (χ3n) is 5.59. The van der Waals surface area contributed by atoms with Crippen LogP contribution in [0.25, 0.3) is 32.9 Å². The van der Waals surface area contributed by atoms with Crippen LogP contribution in [0.15, 0.2) is 79.3 Å². The molecule has 158 valence electrons. The maximum atomic E-state index is 12.8. The Morgan fingerprint density at radius 1 is 1.03 bits per heavy atom. The number of nitrogens with one attached hydrogen (secondary N) is 2. The molecule has 0 atom stereocenters. The highest BCUT2D eigenvalue weighted by atomic mass is 16.5. The zero-order valence-corrected chi connectivity index (χ0v) is 17.6. The molecule has 6 nitrogen and oxygen atoms in total. The predicted molar refractivity (Wildman–Crippen MR) is 126 cm³/mol. The topological polar surface area (TPSA) is 79.9 Å². The number of rotatable bonds is 6. The SMILES string of the molecule is COc1ccc(-c2cncc3ccc(C(=O)NCCc4c[nH]c5ccccc45)nc23)cc1. The number of H-pyrrole nitrogens is 1. The van der Waals surface area contributed by atoms with Crippen molar-refractivity contribution in [2.45, 2.75) is 6.42 Å². The second-order valence-electron chi connectivity index (χ2n) is 7.55. The molecule has 6 heteroatoms. The Morgan fingerprint density at radius 2 is 1.88 bits per heavy atom. The molecule has 3 aromatic heterocycles. The molecule has 0 bridgehead atoms. The minimum absolute atomic E-state index is 0.191. The number of nitrogens with zero attached hydrogens (tertiary/aromatic N) is 2. The first-order valence-corrected chi connectivity index (χ1v) is 10.5. The summed E-state index contributed by atoms with van der Waals surface area (Å²) in [6.07, 6.45) is 6.27. The van der Waals surface area contributed by atoms with Crippen LogP contribution in [0.3, 0.4) is 0 Å². The normalized spacial score (nSPS) is 11.0. The highest BCUT2D eigenvalue weighted by Gasteiger charge is 2.12. The van der Waals surface area contributed by atoms with Gasteiger partial charge in [0, 0.05) is 47.0 Å². The van der Waals surface area contributed by atoms with Crippen LogP contribution in [-0.2, 0) is 6.42 Å². The molecule has 0 spiro atoms. The van der Waals surface area contributed by atoms with Crippen LogP contribution in [-0.4, -0.2) is 34.5 Å². The number of methoxy groups -OCH3 is 1. The molecule has 32 heavy (non-hydrogen) atoms. The number of benzene rings is 2. The van der Waals surface area contributed by atoms with Crippen LogP contribution >= 0.6 is 0 Å². The number of fused-ring (bicyclic) bond motifs is 2. The third kappa shape index (κ3) is 3.78. The van der Waals surface area contributed by atoms with E-state index in [1.165, 1.54) is 10.9 Å². The molecule has 2 aromatic carbocycles. The molecule has 1 amide bonds. The molecule has 5 rings (SSSR count). The van der Waals surface area contributed by atoms with Gasteiger partial charge in [-0.2, -0.15) is 0 Å². The summed E-state index contributed by atoms with van der Waals surface area (Å²) in [7, 11) is 1.64. The second-order valence-corrected chi connectivity index (χ2v) is 7.55. The maximum Gasteiger partial charge on any atom is 0.269 e. The molecule has 0 aliphatic heterocycles. The van der Waals surface area contributed by atoms with Crippen LogP contribution in [0.5, 0.6) is 5.75 Å². The van der Waals surface area contributed by atoms with Gasteiger partial charge < -0.3 is 15.0 Å². The molecule has 0 saturated carbocycles. The molecule has 0 aliphatic carbocycles. The Morgan fingerprint density at radius 3 is 2.72 bits per heavy atom. The van der Waals surface area contributed by atoms with Crippen molar-refractivity contribution in [2.24, 2.45) is 0 Å². The van der Waals surface area contributed by atoms with Crippen molar-refractivity contribution in [2.75, 3.05) is 13.7 Å². The van der Waals surface area contributed by atoms with Gasteiger partial charge in [0.2, 0.25) is 0 Å². The van der Waals surface area contributed by atoms with Gasteiger partial charge in [-0.15, -0.1) is 0 Å². The lowest BCUT2D eigenvalue weighted by Crippen LogP contribution is -2.26. The largest absolute Gasteiger partial charge is 0.497 e. The molecule has 0 saturated heterocycles. The van der Waals surface area contributed by atoms with E-state index in [2.05, 4.69) is 26.3 Å². The number of ether oxygens (including phenoxy) is 1. The number of hydrogen-bond acceptors (Lipinski definition) is 4. The minimum Gasteiger partial charge on any atom is -0.497 e. The quantitative estimate of drug-likeness (QED) is 0.414. The number of aromatic amines is 1. The van der Waals surface area contributed by atoms with E-state index in [1.807, 2.05) is 54.7 Å². The number of pyridine rings is 2. The van der Waals surface area contributed by atoms with E-state index in [0.717, 1.165) is 39.7 Å². The van der Waals surface area contributed by atoms with Crippen LogP contribution < -0.4 is 10.1 Å². The van der Waals surface area contributed by atoms with Gasteiger partial charge in [0.15, 0.2) is 0 Å². The van der Waals surface area contributed by atoms with Crippen molar-refractivity contribution >= 4 is 27.7 Å². The van der Waals surface area contributed by atoms with E-state index in [4.69, 9.17) is 4.74 Å². The van der Waals surface area contributed by atoms with E-state index >= 15 is 0 Å². The maximum absolute atomic E-state index is 12.8. The number of aromatic nitrogens is 3. The lowest BCUT2D eigenvalue weighted by Gasteiger charge is -2.09. The van der Waals surface area contributed by atoms with Gasteiger partial charge in [0.05, 0.1) is 12.6 Å². The monoisotopic (exact) mass is 422 g/mol. The number of carbonyl (C=O) groups excluding carboxylic acids is 1. The van der Waals surface area contributed by atoms with E-state index in [9.17, 15) is 4.79 Å². The molecular formula is C26H22N4O2. The fourth-order valence-corrected chi connectivity index (χ4v) is 3.89. The standard InChI is InChI=1S/C26H22N4O2/c1-32-20-9-6-17(7-10-20)22-16-27-14-19-8-11-24(30-25(19)22)26(31)28-13-12-18-15-29-23-5-3-2-4-21(18)23/h2-11,14-16,29H,12-13H2,1H3,(H,28,31). The van der Waals surface area contributed by atoms with E-state index in [1.54, 1.807) is 25.6 Å². The van der Waals surface area contributed by atoms with Gasteiger partial charge in [-0.3, -0.25) is 9.78 Å². The van der Waals surface area contributed by atoms with Crippen LogP contribution in [0.2, 0.25) is 0 Å². The smallest absolute Gasteiger partial charge is 0.269 e. The van der Waals surface area contributed by atoms with Gasteiger partial charge in [0.1, 0.15) is 11.4 Å². The summed E-state index contributed by atoms with van der Waals surface area (Å²) in [5, 5.41) is 5.06. The number of amides is 1. The summed E-state index contributed by atoms with van der Waals surface area (Å²) < 4.78 is 5.24. The predicted octanol–water partition coefficient (Wildman–Crippen LogP) is 4.76. The van der Waals surface area contributed by atoms with Crippen molar-refractivity contribution in [3.8, 4) is 16.9 Å². The Hall–Kier alpha value is -4.19. The van der Waals surface area contributed by atoms with Crippen LogP contribution in [0.1, 0.15) is 16.1 Å². The lowest BCUT2D eigenvalue weighted by atomic mass is 10.0. The molecule has 0 radical (unpaired) electrons. The average molecular weight is 422 g/mol. The van der Waals surface area contributed by atoms with E-state index in [-0.39, 0.29) is 5.91 Å². The van der Waals surface area contributed by atoms with Crippen molar-refractivity contribution in [1.82, 2.24) is 20.3 Å². The lowest BCUT2D eigenvalue weighted by molar-refractivity contribution is 0.0949. The van der Waals surface area contributed by atoms with Crippen molar-refractivity contribution in [3.63, 3.8) is 0 Å². The van der Waals surface area contributed by atoms with Gasteiger partial charge >= 0.3 is 0 Å². The van der Waals surface area contributed by atoms with Crippen molar-refractivity contribution in [1.29, 1.82) is 0 Å². The Labute approximate surface area is 185 Å². The molecule has 3 heterocycles. The summed E-state index contributed by atoms with van der Waals surface area (Å²) in [4.78, 5) is 25.1. The molecule has 5 aromatic rings. The highest BCUT2D eigenvalue weighted by molar-refractivity contribution is 5.98. The van der Waals surface area contributed by atoms with Crippen molar-refractivity contribution < 1.29 is 9.53 Å². The summed E-state index contributed by atoms with van der Waals surface area (Å²) in [6, 6.07) is 19.5. The minimum atomic E-state index is -0.191. The first-order valence-electron chi connectivity index (χ1n) is 10.5. The number of para-hydroxylation sites is 1.